The molecule has 0 unspecified atom stereocenters. The molecule has 0 aliphatic heterocycles. The number of rotatable bonds is 0. The van der Waals surface area contributed by atoms with E-state index in [1.807, 2.05) is 13.8 Å². The second kappa shape index (κ2) is 5.85. The van der Waals surface area contributed by atoms with Crippen molar-refractivity contribution >= 4 is 0 Å². The van der Waals surface area contributed by atoms with E-state index in [0.29, 0.717) is 0 Å². The van der Waals surface area contributed by atoms with Crippen molar-refractivity contribution in [3.05, 3.63) is 34.9 Å². The smallest absolute Gasteiger partial charge is 0.0133 e. The van der Waals surface area contributed by atoms with Gasteiger partial charge in [0.1, 0.15) is 0 Å². The molecule has 1 fully saturated rings. The lowest BCUT2D eigenvalue weighted by molar-refractivity contribution is 0.678. The molecular formula is C14H22. The normalized spacial score (nSPS) is 20.4. The summed E-state index contributed by atoms with van der Waals surface area (Å²) in [6.07, 6.45) is 13.6. The van der Waals surface area contributed by atoms with E-state index in [-0.39, 0.29) is 0 Å². The first kappa shape index (κ1) is 11.3. The SMILES string of the molecule is CC.CC1=CC=C2CCCCC2=CC1. The molecule has 0 radical (unpaired) electrons. The van der Waals surface area contributed by atoms with Gasteiger partial charge in [-0.1, -0.05) is 37.6 Å². The van der Waals surface area contributed by atoms with Crippen molar-refractivity contribution in [3.8, 4) is 0 Å². The summed E-state index contributed by atoms with van der Waals surface area (Å²) in [4.78, 5) is 0. The van der Waals surface area contributed by atoms with Gasteiger partial charge >= 0.3 is 0 Å². The molecule has 0 saturated heterocycles. The fourth-order valence-electron chi connectivity index (χ4n) is 1.97. The minimum absolute atomic E-state index is 1.16. The van der Waals surface area contributed by atoms with E-state index in [2.05, 4.69) is 25.2 Å². The first-order chi connectivity index (χ1) is 6.86. The third-order valence-corrected chi connectivity index (χ3v) is 2.79. The van der Waals surface area contributed by atoms with Gasteiger partial charge < -0.3 is 0 Å². The topological polar surface area (TPSA) is 0 Å². The maximum atomic E-state index is 2.42. The van der Waals surface area contributed by atoms with Crippen LogP contribution in [0.3, 0.4) is 0 Å². The van der Waals surface area contributed by atoms with Crippen LogP contribution in [0.25, 0.3) is 0 Å². The molecule has 0 heterocycles. The molecule has 0 nitrogen and oxygen atoms in total. The Kier molecular flexibility index (Phi) is 4.72. The van der Waals surface area contributed by atoms with Crippen LogP contribution in [0.15, 0.2) is 34.9 Å². The van der Waals surface area contributed by atoms with Crippen LogP contribution in [-0.2, 0) is 0 Å². The lowest BCUT2D eigenvalue weighted by Gasteiger charge is -2.16. The summed E-state index contributed by atoms with van der Waals surface area (Å²) in [7, 11) is 0. The first-order valence-corrected chi connectivity index (χ1v) is 5.92. The average molecular weight is 190 g/mol. The quantitative estimate of drug-likeness (QED) is 0.515. The first-order valence-electron chi connectivity index (χ1n) is 5.92. The molecule has 2 aliphatic carbocycles. The summed E-state index contributed by atoms with van der Waals surface area (Å²) < 4.78 is 0. The van der Waals surface area contributed by atoms with Crippen LogP contribution in [0.1, 0.15) is 52.9 Å². The highest BCUT2D eigenvalue weighted by atomic mass is 14.2. The number of hydrogen-bond donors (Lipinski definition) is 0. The Morgan fingerprint density at radius 1 is 0.929 bits per heavy atom. The zero-order chi connectivity index (χ0) is 10.4. The summed E-state index contributed by atoms with van der Waals surface area (Å²) in [6.45, 7) is 6.21. The summed E-state index contributed by atoms with van der Waals surface area (Å²) >= 11 is 0. The van der Waals surface area contributed by atoms with Crippen LogP contribution in [0.4, 0.5) is 0 Å². The van der Waals surface area contributed by atoms with Crippen LogP contribution in [0.2, 0.25) is 0 Å². The minimum atomic E-state index is 1.16. The monoisotopic (exact) mass is 190 g/mol. The average Bonchev–Trinajstić information content (AvgIpc) is 2.45. The zero-order valence-electron chi connectivity index (χ0n) is 9.77. The Morgan fingerprint density at radius 3 is 2.29 bits per heavy atom. The minimum Gasteiger partial charge on any atom is -0.0770 e. The van der Waals surface area contributed by atoms with Gasteiger partial charge in [-0.15, -0.1) is 0 Å². The van der Waals surface area contributed by atoms with Crippen LogP contribution < -0.4 is 0 Å². The number of fused-ring (bicyclic) bond motifs is 1. The van der Waals surface area contributed by atoms with Crippen molar-refractivity contribution < 1.29 is 0 Å². The van der Waals surface area contributed by atoms with Gasteiger partial charge in [0.05, 0.1) is 0 Å². The number of allylic oxidation sites excluding steroid dienone is 6. The molecule has 0 spiro atoms. The van der Waals surface area contributed by atoms with Gasteiger partial charge in [-0.2, -0.15) is 0 Å². The van der Waals surface area contributed by atoms with Gasteiger partial charge in [0.25, 0.3) is 0 Å². The third-order valence-electron chi connectivity index (χ3n) is 2.79. The Hall–Kier alpha value is -0.780. The molecule has 0 aromatic heterocycles. The highest BCUT2D eigenvalue weighted by molar-refractivity contribution is 5.39. The van der Waals surface area contributed by atoms with Gasteiger partial charge in [0.15, 0.2) is 0 Å². The van der Waals surface area contributed by atoms with Crippen molar-refractivity contribution in [2.24, 2.45) is 0 Å². The van der Waals surface area contributed by atoms with E-state index >= 15 is 0 Å². The summed E-state index contributed by atoms with van der Waals surface area (Å²) in [5, 5.41) is 0. The Bertz CT molecular complexity index is 264. The van der Waals surface area contributed by atoms with Crippen LogP contribution in [0.5, 0.6) is 0 Å². The molecule has 0 amide bonds. The maximum absolute atomic E-state index is 2.42. The van der Waals surface area contributed by atoms with E-state index in [4.69, 9.17) is 0 Å². The predicted molar refractivity (Wildman–Crippen MR) is 64.4 cm³/mol. The molecule has 2 rings (SSSR count). The zero-order valence-corrected chi connectivity index (χ0v) is 9.77. The van der Waals surface area contributed by atoms with Crippen LogP contribution >= 0.6 is 0 Å². The summed E-state index contributed by atoms with van der Waals surface area (Å²) in [6, 6.07) is 0. The van der Waals surface area contributed by atoms with E-state index in [1.54, 1.807) is 11.1 Å². The van der Waals surface area contributed by atoms with Crippen molar-refractivity contribution in [3.63, 3.8) is 0 Å². The van der Waals surface area contributed by atoms with Crippen LogP contribution in [0, 0.1) is 0 Å². The molecule has 0 bridgehead atoms. The van der Waals surface area contributed by atoms with E-state index in [0.717, 1.165) is 6.42 Å². The molecule has 2 aliphatic rings. The van der Waals surface area contributed by atoms with Crippen molar-refractivity contribution in [1.29, 1.82) is 0 Å². The van der Waals surface area contributed by atoms with E-state index < -0.39 is 0 Å². The maximum Gasteiger partial charge on any atom is -0.0133 e. The highest BCUT2D eigenvalue weighted by Crippen LogP contribution is 2.31. The molecule has 78 valence electrons. The van der Waals surface area contributed by atoms with Gasteiger partial charge in [0.2, 0.25) is 0 Å². The molecule has 1 saturated carbocycles. The molecule has 0 heteroatoms. The lowest BCUT2D eigenvalue weighted by Crippen LogP contribution is -1.97. The van der Waals surface area contributed by atoms with Gasteiger partial charge in [0, 0.05) is 0 Å². The summed E-state index contributed by atoms with van der Waals surface area (Å²) in [5.74, 6) is 0. The fraction of sp³-hybridized carbons (Fsp3) is 0.571. The standard InChI is InChI=1S/C12H16.C2H6/c1-10-6-8-11-4-2-3-5-12(11)9-7-10;1-2/h6,8-9H,2-5,7H2,1H3;1-2H3. The highest BCUT2D eigenvalue weighted by Gasteiger charge is 2.11. The number of hydrogen-bond acceptors (Lipinski definition) is 0. The second-order valence-electron chi connectivity index (χ2n) is 3.85. The van der Waals surface area contributed by atoms with E-state index in [9.17, 15) is 0 Å². The van der Waals surface area contributed by atoms with Gasteiger partial charge in [-0.05, 0) is 50.2 Å². The van der Waals surface area contributed by atoms with Gasteiger partial charge in [-0.3, -0.25) is 0 Å². The molecular weight excluding hydrogens is 168 g/mol. The Morgan fingerprint density at radius 2 is 1.57 bits per heavy atom. The van der Waals surface area contributed by atoms with Crippen LogP contribution in [-0.4, -0.2) is 0 Å². The van der Waals surface area contributed by atoms with Crippen molar-refractivity contribution in [2.45, 2.75) is 52.9 Å². The van der Waals surface area contributed by atoms with Crippen molar-refractivity contribution in [2.75, 3.05) is 0 Å². The molecule has 14 heavy (non-hydrogen) atoms. The van der Waals surface area contributed by atoms with Gasteiger partial charge in [-0.25, -0.2) is 0 Å². The molecule has 0 N–H and O–H groups in total. The molecule has 0 aromatic carbocycles. The molecule has 0 aromatic rings. The largest absolute Gasteiger partial charge is 0.0770 e. The third kappa shape index (κ3) is 2.87. The fourth-order valence-corrected chi connectivity index (χ4v) is 1.97. The Labute approximate surface area is 88.4 Å². The summed E-state index contributed by atoms with van der Waals surface area (Å²) in [5.41, 5.74) is 4.71. The second-order valence-corrected chi connectivity index (χ2v) is 3.85. The lowest BCUT2D eigenvalue weighted by atomic mass is 9.89. The van der Waals surface area contributed by atoms with Crippen molar-refractivity contribution in [1.82, 2.24) is 0 Å². The van der Waals surface area contributed by atoms with E-state index in [1.165, 1.54) is 31.3 Å². The Balaban J connectivity index is 0.000000461. The predicted octanol–water partition coefficient (Wildman–Crippen LogP) is 4.79. The molecule has 0 atom stereocenters.